The molecule has 8 heteroatoms. The highest BCUT2D eigenvalue weighted by atomic mass is 32.2. The van der Waals surface area contributed by atoms with Crippen LogP contribution < -0.4 is 14.9 Å². The van der Waals surface area contributed by atoms with Crippen molar-refractivity contribution in [3.63, 3.8) is 0 Å². The van der Waals surface area contributed by atoms with Gasteiger partial charge in [0, 0.05) is 49.7 Å². The Labute approximate surface area is 195 Å². The highest BCUT2D eigenvalue weighted by Gasteiger charge is 2.18. The SMILES string of the molecule is CNS(=O)(=O)c1ccc(C(=O)Nc2ccc(N3CCN(Cc4ccccc4)CC3)cc2)cc1. The highest BCUT2D eigenvalue weighted by molar-refractivity contribution is 7.89. The average molecular weight is 465 g/mol. The first-order valence-electron chi connectivity index (χ1n) is 10.9. The van der Waals surface area contributed by atoms with Crippen molar-refractivity contribution < 1.29 is 13.2 Å². The number of piperazine rings is 1. The normalized spacial score (nSPS) is 14.8. The van der Waals surface area contributed by atoms with Gasteiger partial charge in [0.1, 0.15) is 0 Å². The van der Waals surface area contributed by atoms with E-state index < -0.39 is 10.0 Å². The average Bonchev–Trinajstić information content (AvgIpc) is 2.86. The van der Waals surface area contributed by atoms with Gasteiger partial charge in [-0.15, -0.1) is 0 Å². The number of nitrogens with zero attached hydrogens (tertiary/aromatic N) is 2. The second-order valence-corrected chi connectivity index (χ2v) is 9.87. The van der Waals surface area contributed by atoms with Crippen LogP contribution in [-0.2, 0) is 16.6 Å². The summed E-state index contributed by atoms with van der Waals surface area (Å²) in [6.07, 6.45) is 0. The number of carbonyl (C=O) groups is 1. The molecule has 3 aromatic rings. The molecule has 1 saturated heterocycles. The summed E-state index contributed by atoms with van der Waals surface area (Å²) >= 11 is 0. The molecule has 33 heavy (non-hydrogen) atoms. The van der Waals surface area contributed by atoms with Crippen LogP contribution >= 0.6 is 0 Å². The summed E-state index contributed by atoms with van der Waals surface area (Å²) in [6, 6.07) is 24.2. The minimum absolute atomic E-state index is 0.120. The topological polar surface area (TPSA) is 81.7 Å². The number of sulfonamides is 1. The molecule has 3 aromatic carbocycles. The molecule has 1 aliphatic heterocycles. The molecular formula is C25H28N4O3S. The molecule has 0 unspecified atom stereocenters. The van der Waals surface area contributed by atoms with Crippen LogP contribution in [0.2, 0.25) is 0 Å². The fourth-order valence-corrected chi connectivity index (χ4v) is 4.60. The first-order chi connectivity index (χ1) is 15.9. The molecule has 1 heterocycles. The Bertz CT molecular complexity index is 1170. The molecule has 0 bridgehead atoms. The molecule has 1 fully saturated rings. The molecule has 1 amide bonds. The van der Waals surface area contributed by atoms with Gasteiger partial charge in [-0.3, -0.25) is 9.69 Å². The molecule has 0 aliphatic carbocycles. The third kappa shape index (κ3) is 5.78. The summed E-state index contributed by atoms with van der Waals surface area (Å²) in [4.78, 5) is 17.5. The molecule has 1 aliphatic rings. The van der Waals surface area contributed by atoms with E-state index in [1.54, 1.807) is 0 Å². The number of carbonyl (C=O) groups excluding carboxylic acids is 1. The molecule has 0 radical (unpaired) electrons. The predicted molar refractivity (Wildman–Crippen MR) is 131 cm³/mol. The minimum Gasteiger partial charge on any atom is -0.369 e. The van der Waals surface area contributed by atoms with Crippen molar-refractivity contribution in [2.45, 2.75) is 11.4 Å². The van der Waals surface area contributed by atoms with E-state index in [9.17, 15) is 13.2 Å². The number of hydrogen-bond donors (Lipinski definition) is 2. The van der Waals surface area contributed by atoms with E-state index in [4.69, 9.17) is 0 Å². The Morgan fingerprint density at radius 3 is 2.09 bits per heavy atom. The van der Waals surface area contributed by atoms with E-state index in [1.165, 1.54) is 36.9 Å². The van der Waals surface area contributed by atoms with Crippen molar-refractivity contribution in [2.24, 2.45) is 0 Å². The lowest BCUT2D eigenvalue weighted by Crippen LogP contribution is -2.45. The zero-order valence-electron chi connectivity index (χ0n) is 18.6. The molecule has 0 spiro atoms. The monoisotopic (exact) mass is 464 g/mol. The molecule has 4 rings (SSSR count). The van der Waals surface area contributed by atoms with Crippen LogP contribution in [0.15, 0.2) is 83.8 Å². The van der Waals surface area contributed by atoms with Gasteiger partial charge in [0.15, 0.2) is 0 Å². The second-order valence-electron chi connectivity index (χ2n) is 7.98. The molecule has 0 saturated carbocycles. The van der Waals surface area contributed by atoms with Crippen LogP contribution in [0.25, 0.3) is 0 Å². The number of anilines is 2. The van der Waals surface area contributed by atoms with Crippen molar-refractivity contribution in [3.05, 3.63) is 90.0 Å². The Balaban J connectivity index is 1.31. The van der Waals surface area contributed by atoms with Gasteiger partial charge in [-0.05, 0) is 61.1 Å². The summed E-state index contributed by atoms with van der Waals surface area (Å²) in [5.41, 5.74) is 3.56. The number of nitrogens with one attached hydrogen (secondary N) is 2. The quantitative estimate of drug-likeness (QED) is 0.561. The summed E-state index contributed by atoms with van der Waals surface area (Å²) < 4.78 is 25.9. The van der Waals surface area contributed by atoms with Gasteiger partial charge in [-0.25, -0.2) is 13.1 Å². The molecule has 172 valence electrons. The first kappa shape index (κ1) is 23.0. The smallest absolute Gasteiger partial charge is 0.255 e. The van der Waals surface area contributed by atoms with E-state index in [-0.39, 0.29) is 10.8 Å². The third-order valence-corrected chi connectivity index (χ3v) is 7.24. The number of rotatable bonds is 7. The zero-order chi connectivity index (χ0) is 23.3. The number of amides is 1. The lowest BCUT2D eigenvalue weighted by molar-refractivity contribution is 0.102. The van der Waals surface area contributed by atoms with Crippen LogP contribution in [0.5, 0.6) is 0 Å². The maximum atomic E-state index is 12.5. The van der Waals surface area contributed by atoms with Gasteiger partial charge in [0.25, 0.3) is 5.91 Å². The van der Waals surface area contributed by atoms with Gasteiger partial charge in [0.2, 0.25) is 10.0 Å². The largest absolute Gasteiger partial charge is 0.369 e. The van der Waals surface area contributed by atoms with Gasteiger partial charge in [0.05, 0.1) is 4.90 Å². The third-order valence-electron chi connectivity index (χ3n) is 5.81. The molecule has 2 N–H and O–H groups in total. The van der Waals surface area contributed by atoms with E-state index in [0.29, 0.717) is 11.3 Å². The van der Waals surface area contributed by atoms with Crippen LogP contribution in [0.1, 0.15) is 15.9 Å². The Hall–Kier alpha value is -3.20. The molecule has 0 aromatic heterocycles. The van der Waals surface area contributed by atoms with Gasteiger partial charge >= 0.3 is 0 Å². The first-order valence-corrected chi connectivity index (χ1v) is 12.4. The summed E-state index contributed by atoms with van der Waals surface area (Å²) in [5, 5.41) is 2.86. The van der Waals surface area contributed by atoms with E-state index in [0.717, 1.165) is 38.4 Å². The Morgan fingerprint density at radius 1 is 0.848 bits per heavy atom. The lowest BCUT2D eigenvalue weighted by atomic mass is 10.2. The lowest BCUT2D eigenvalue weighted by Gasteiger charge is -2.36. The van der Waals surface area contributed by atoms with Crippen LogP contribution in [0, 0.1) is 0 Å². The van der Waals surface area contributed by atoms with E-state index in [2.05, 4.69) is 44.1 Å². The van der Waals surface area contributed by atoms with Crippen molar-refractivity contribution in [2.75, 3.05) is 43.4 Å². The zero-order valence-corrected chi connectivity index (χ0v) is 19.4. The standard InChI is InChI=1S/C25H28N4O3S/c1-26-33(31,32)24-13-7-21(8-14-24)25(30)27-22-9-11-23(12-10-22)29-17-15-28(16-18-29)19-20-5-3-2-4-6-20/h2-14,26H,15-19H2,1H3,(H,27,30). The maximum absolute atomic E-state index is 12.5. The van der Waals surface area contributed by atoms with Crippen LogP contribution in [-0.4, -0.2) is 52.5 Å². The van der Waals surface area contributed by atoms with E-state index >= 15 is 0 Å². The number of benzene rings is 3. The fourth-order valence-electron chi connectivity index (χ4n) is 3.87. The number of hydrogen-bond acceptors (Lipinski definition) is 5. The molecule has 0 atom stereocenters. The summed E-state index contributed by atoms with van der Waals surface area (Å²) in [6.45, 7) is 4.90. The molecule has 7 nitrogen and oxygen atoms in total. The fraction of sp³-hybridized carbons (Fsp3) is 0.240. The Morgan fingerprint density at radius 2 is 1.48 bits per heavy atom. The van der Waals surface area contributed by atoms with Gasteiger partial charge in [-0.2, -0.15) is 0 Å². The van der Waals surface area contributed by atoms with Crippen LogP contribution in [0.4, 0.5) is 11.4 Å². The summed E-state index contributed by atoms with van der Waals surface area (Å²) in [7, 11) is -2.17. The van der Waals surface area contributed by atoms with Gasteiger partial charge in [-0.1, -0.05) is 30.3 Å². The van der Waals surface area contributed by atoms with Crippen LogP contribution in [0.3, 0.4) is 0 Å². The van der Waals surface area contributed by atoms with E-state index in [1.807, 2.05) is 30.3 Å². The van der Waals surface area contributed by atoms with Crippen molar-refractivity contribution in [1.82, 2.24) is 9.62 Å². The second kappa shape index (κ2) is 10.2. The molecular weight excluding hydrogens is 436 g/mol. The minimum atomic E-state index is -3.52. The summed E-state index contributed by atoms with van der Waals surface area (Å²) in [5.74, 6) is -0.286. The maximum Gasteiger partial charge on any atom is 0.255 e. The predicted octanol–water partition coefficient (Wildman–Crippen LogP) is 3.17. The van der Waals surface area contributed by atoms with Crippen molar-refractivity contribution in [3.8, 4) is 0 Å². The van der Waals surface area contributed by atoms with Crippen molar-refractivity contribution in [1.29, 1.82) is 0 Å². The highest BCUT2D eigenvalue weighted by Crippen LogP contribution is 2.21. The van der Waals surface area contributed by atoms with Crippen molar-refractivity contribution >= 4 is 27.3 Å². The van der Waals surface area contributed by atoms with Gasteiger partial charge < -0.3 is 10.2 Å². The Kier molecular flexibility index (Phi) is 7.08.